The van der Waals surface area contributed by atoms with Crippen molar-refractivity contribution in [3.63, 3.8) is 0 Å². The molecule has 0 aromatic heterocycles. The second kappa shape index (κ2) is 8.97. The first-order valence-corrected chi connectivity index (χ1v) is 10.8. The van der Waals surface area contributed by atoms with Crippen molar-refractivity contribution in [1.82, 2.24) is 10.0 Å². The van der Waals surface area contributed by atoms with Crippen LogP contribution < -0.4 is 15.8 Å². The molecule has 1 amide bonds. The fourth-order valence-corrected chi connectivity index (χ4v) is 4.43. The van der Waals surface area contributed by atoms with E-state index in [1.807, 2.05) is 20.8 Å². The molecule has 4 N–H and O–H groups in total. The molecule has 1 fully saturated rings. The topological polar surface area (TPSA) is 101 Å². The van der Waals surface area contributed by atoms with E-state index < -0.39 is 16.1 Å². The van der Waals surface area contributed by atoms with Crippen LogP contribution in [0, 0.1) is 12.8 Å². The largest absolute Gasteiger partial charge is 0.352 e. The van der Waals surface area contributed by atoms with Crippen molar-refractivity contribution in [3.05, 3.63) is 29.8 Å². The highest BCUT2D eigenvalue weighted by Gasteiger charge is 2.29. The van der Waals surface area contributed by atoms with Gasteiger partial charge in [0.25, 0.3) is 0 Å². The SMILES string of the molecule is Cc1ccc(S(=O)(=O)NC(CC(C)C)C(=O)NC2CCC(N)CC2)cc1. The van der Waals surface area contributed by atoms with Crippen molar-refractivity contribution in [2.75, 3.05) is 0 Å². The van der Waals surface area contributed by atoms with Crippen LogP contribution in [0.2, 0.25) is 0 Å². The van der Waals surface area contributed by atoms with Gasteiger partial charge in [-0.3, -0.25) is 4.79 Å². The summed E-state index contributed by atoms with van der Waals surface area (Å²) in [6.07, 6.45) is 3.89. The van der Waals surface area contributed by atoms with Gasteiger partial charge < -0.3 is 11.1 Å². The summed E-state index contributed by atoms with van der Waals surface area (Å²) in [6.45, 7) is 5.84. The van der Waals surface area contributed by atoms with E-state index in [2.05, 4.69) is 10.0 Å². The number of amides is 1. The lowest BCUT2D eigenvalue weighted by Gasteiger charge is -2.29. The highest BCUT2D eigenvalue weighted by atomic mass is 32.2. The molecule has 1 aromatic carbocycles. The first-order chi connectivity index (χ1) is 12.2. The lowest BCUT2D eigenvalue weighted by molar-refractivity contribution is -0.124. The molecule has 146 valence electrons. The molecule has 0 saturated heterocycles. The van der Waals surface area contributed by atoms with Crippen LogP contribution in [0.1, 0.15) is 51.5 Å². The maximum absolute atomic E-state index is 12.7. The number of rotatable bonds is 7. The number of benzene rings is 1. The summed E-state index contributed by atoms with van der Waals surface area (Å²) in [5, 5.41) is 3.01. The number of nitrogens with one attached hydrogen (secondary N) is 2. The standard InChI is InChI=1S/C19H31N3O3S/c1-13(2)12-18(19(23)21-16-8-6-15(20)7-9-16)22-26(24,25)17-10-4-14(3)5-11-17/h4-5,10-11,13,15-16,18,22H,6-9,12,20H2,1-3H3,(H,21,23). The van der Waals surface area contributed by atoms with Gasteiger partial charge in [-0.05, 0) is 57.1 Å². The van der Waals surface area contributed by atoms with Crippen LogP contribution >= 0.6 is 0 Å². The summed E-state index contributed by atoms with van der Waals surface area (Å²) in [7, 11) is -3.75. The average molecular weight is 382 g/mol. The molecule has 2 rings (SSSR count). The number of nitrogens with two attached hydrogens (primary N) is 1. The Bertz CT molecular complexity index is 693. The molecule has 1 saturated carbocycles. The lowest BCUT2D eigenvalue weighted by atomic mass is 9.91. The lowest BCUT2D eigenvalue weighted by Crippen LogP contribution is -2.51. The molecule has 1 atom stereocenters. The Balaban J connectivity index is 2.08. The Hall–Kier alpha value is -1.44. The predicted octanol–water partition coefficient (Wildman–Crippen LogP) is 2.07. The van der Waals surface area contributed by atoms with Gasteiger partial charge in [-0.15, -0.1) is 0 Å². The van der Waals surface area contributed by atoms with Gasteiger partial charge in [0.2, 0.25) is 15.9 Å². The average Bonchev–Trinajstić information content (AvgIpc) is 2.56. The van der Waals surface area contributed by atoms with E-state index in [1.165, 1.54) is 0 Å². The molecule has 1 unspecified atom stereocenters. The number of sulfonamides is 1. The minimum atomic E-state index is -3.75. The van der Waals surface area contributed by atoms with Crippen molar-refractivity contribution in [1.29, 1.82) is 0 Å². The fourth-order valence-electron chi connectivity index (χ4n) is 3.22. The van der Waals surface area contributed by atoms with E-state index in [4.69, 9.17) is 5.73 Å². The van der Waals surface area contributed by atoms with E-state index in [0.29, 0.717) is 6.42 Å². The van der Waals surface area contributed by atoms with Crippen molar-refractivity contribution in [2.24, 2.45) is 11.7 Å². The molecule has 6 nitrogen and oxygen atoms in total. The van der Waals surface area contributed by atoms with Gasteiger partial charge in [-0.1, -0.05) is 31.5 Å². The maximum Gasteiger partial charge on any atom is 0.241 e. The number of carbonyl (C=O) groups excluding carboxylic acids is 1. The molecule has 0 aliphatic heterocycles. The molecule has 7 heteroatoms. The molecule has 0 bridgehead atoms. The van der Waals surface area contributed by atoms with Crippen LogP contribution in [0.4, 0.5) is 0 Å². The molecular formula is C19H31N3O3S. The van der Waals surface area contributed by atoms with Crippen LogP contribution in [0.15, 0.2) is 29.2 Å². The Morgan fingerprint density at radius 2 is 1.73 bits per heavy atom. The van der Waals surface area contributed by atoms with Gasteiger partial charge >= 0.3 is 0 Å². The van der Waals surface area contributed by atoms with Crippen molar-refractivity contribution < 1.29 is 13.2 Å². The highest BCUT2D eigenvalue weighted by molar-refractivity contribution is 7.89. The smallest absolute Gasteiger partial charge is 0.241 e. The molecule has 0 spiro atoms. The number of carbonyl (C=O) groups is 1. The molecule has 0 heterocycles. The van der Waals surface area contributed by atoms with Crippen molar-refractivity contribution in [3.8, 4) is 0 Å². The third kappa shape index (κ3) is 6.07. The first kappa shape index (κ1) is 20.9. The van der Waals surface area contributed by atoms with Gasteiger partial charge in [0, 0.05) is 12.1 Å². The zero-order valence-corrected chi connectivity index (χ0v) is 16.7. The van der Waals surface area contributed by atoms with Gasteiger partial charge in [0.05, 0.1) is 4.90 Å². The minimum absolute atomic E-state index is 0.0702. The van der Waals surface area contributed by atoms with Gasteiger partial charge in [0.1, 0.15) is 6.04 Å². The zero-order chi connectivity index (χ0) is 19.3. The van der Waals surface area contributed by atoms with Gasteiger partial charge in [-0.2, -0.15) is 4.72 Å². The molecule has 1 aromatic rings. The second-order valence-electron chi connectivity index (χ2n) is 7.74. The summed E-state index contributed by atoms with van der Waals surface area (Å²) in [6, 6.07) is 6.11. The summed E-state index contributed by atoms with van der Waals surface area (Å²) >= 11 is 0. The van der Waals surface area contributed by atoms with E-state index in [0.717, 1.165) is 31.2 Å². The number of aryl methyl sites for hydroxylation is 1. The third-order valence-corrected chi connectivity index (χ3v) is 6.26. The third-order valence-electron chi connectivity index (χ3n) is 4.77. The summed E-state index contributed by atoms with van der Waals surface area (Å²) in [4.78, 5) is 12.9. The van der Waals surface area contributed by atoms with Crippen LogP contribution in [-0.4, -0.2) is 32.5 Å². The number of hydrogen-bond acceptors (Lipinski definition) is 4. The fraction of sp³-hybridized carbons (Fsp3) is 0.632. The zero-order valence-electron chi connectivity index (χ0n) is 15.9. The summed E-state index contributed by atoms with van der Waals surface area (Å²) < 4.78 is 27.9. The molecule has 26 heavy (non-hydrogen) atoms. The Morgan fingerprint density at radius 1 is 1.15 bits per heavy atom. The second-order valence-corrected chi connectivity index (χ2v) is 9.45. The van der Waals surface area contributed by atoms with E-state index in [9.17, 15) is 13.2 Å². The predicted molar refractivity (Wildman–Crippen MR) is 103 cm³/mol. The highest BCUT2D eigenvalue weighted by Crippen LogP contribution is 2.18. The van der Waals surface area contributed by atoms with Crippen LogP contribution in [-0.2, 0) is 14.8 Å². The van der Waals surface area contributed by atoms with Crippen molar-refractivity contribution in [2.45, 2.75) is 75.9 Å². The van der Waals surface area contributed by atoms with E-state index in [-0.39, 0.29) is 28.8 Å². The monoisotopic (exact) mass is 381 g/mol. The Labute approximate surface area is 157 Å². The number of hydrogen-bond donors (Lipinski definition) is 3. The van der Waals surface area contributed by atoms with E-state index in [1.54, 1.807) is 24.3 Å². The summed E-state index contributed by atoms with van der Waals surface area (Å²) in [5.74, 6) is -0.0684. The molecule has 0 radical (unpaired) electrons. The van der Waals surface area contributed by atoms with E-state index >= 15 is 0 Å². The van der Waals surface area contributed by atoms with Crippen LogP contribution in [0.5, 0.6) is 0 Å². The Kier molecular flexibility index (Phi) is 7.20. The molecule has 1 aliphatic rings. The van der Waals surface area contributed by atoms with Gasteiger partial charge in [0.15, 0.2) is 0 Å². The maximum atomic E-state index is 12.7. The van der Waals surface area contributed by atoms with Crippen LogP contribution in [0.3, 0.4) is 0 Å². The van der Waals surface area contributed by atoms with Gasteiger partial charge in [-0.25, -0.2) is 8.42 Å². The quantitative estimate of drug-likeness (QED) is 0.673. The van der Waals surface area contributed by atoms with Crippen molar-refractivity contribution >= 4 is 15.9 Å². The Morgan fingerprint density at radius 3 is 2.27 bits per heavy atom. The molecule has 1 aliphatic carbocycles. The normalized spacial score (nSPS) is 22.2. The first-order valence-electron chi connectivity index (χ1n) is 9.32. The minimum Gasteiger partial charge on any atom is -0.352 e. The van der Waals surface area contributed by atoms with Crippen LogP contribution in [0.25, 0.3) is 0 Å². The molecular weight excluding hydrogens is 350 g/mol. The summed E-state index contributed by atoms with van der Waals surface area (Å²) in [5.41, 5.74) is 6.89.